The van der Waals surface area contributed by atoms with E-state index in [1.54, 1.807) is 39.3 Å². The largest absolute Gasteiger partial charge is 0.493 e. The van der Waals surface area contributed by atoms with Gasteiger partial charge in [-0.25, -0.2) is 5.01 Å². The van der Waals surface area contributed by atoms with E-state index in [-0.39, 0.29) is 17.9 Å². The summed E-state index contributed by atoms with van der Waals surface area (Å²) in [5.74, 6) is 0.934. The summed E-state index contributed by atoms with van der Waals surface area (Å²) in [4.78, 5) is 29.6. The molecular formula is C29H26ClN3O4. The first-order chi connectivity index (χ1) is 18.0. The SMILES string of the molecule is CCC(=O)N1N=C(c2c(-c3ccc(Cl)cc3)c3ccccc3[nH]c2=O)C[C@H]1c1cccc(OC)c1OC. The van der Waals surface area contributed by atoms with Crippen LogP contribution in [-0.2, 0) is 4.79 Å². The van der Waals surface area contributed by atoms with Gasteiger partial charge in [0.25, 0.3) is 5.56 Å². The number of hydrazone groups is 1. The number of carbonyl (C=O) groups excluding carboxylic acids is 1. The average molecular weight is 516 g/mol. The Morgan fingerprint density at radius 3 is 2.49 bits per heavy atom. The Balaban J connectivity index is 1.73. The number of fused-ring (bicyclic) bond motifs is 1. The second-order valence-electron chi connectivity index (χ2n) is 8.70. The maximum Gasteiger partial charge on any atom is 0.258 e. The van der Waals surface area contributed by atoms with Crippen molar-refractivity contribution in [3.05, 3.63) is 93.2 Å². The van der Waals surface area contributed by atoms with Crippen molar-refractivity contribution in [3.8, 4) is 22.6 Å². The summed E-state index contributed by atoms with van der Waals surface area (Å²) in [6, 6.07) is 20.1. The number of methoxy groups -OCH3 is 2. The standard InChI is InChI=1S/C29H26ClN3O4/c1-4-25(34)33-23(20-9-7-11-24(36-2)28(20)37-3)16-22(32-33)27-26(17-12-14-18(30)15-13-17)19-8-5-6-10-21(19)31-29(27)35/h5-15,23H,4,16H2,1-3H3,(H,31,35)/t23-/m0/s1. The zero-order valence-corrected chi connectivity index (χ0v) is 21.5. The van der Waals surface area contributed by atoms with Crippen LogP contribution in [0.5, 0.6) is 11.5 Å². The highest BCUT2D eigenvalue weighted by molar-refractivity contribution is 6.30. The minimum absolute atomic E-state index is 0.157. The fourth-order valence-corrected chi connectivity index (χ4v) is 5.03. The molecule has 0 saturated heterocycles. The number of hydrogen-bond acceptors (Lipinski definition) is 5. The number of nitrogens with zero attached hydrogens (tertiary/aromatic N) is 2. The first kappa shape index (κ1) is 24.6. The Bertz CT molecular complexity index is 1580. The molecule has 5 rings (SSSR count). The summed E-state index contributed by atoms with van der Waals surface area (Å²) >= 11 is 6.17. The molecule has 0 spiro atoms. The highest BCUT2D eigenvalue weighted by Crippen LogP contribution is 2.43. The maximum atomic E-state index is 13.6. The number of hydrogen-bond donors (Lipinski definition) is 1. The van der Waals surface area contributed by atoms with Gasteiger partial charge in [-0.3, -0.25) is 9.59 Å². The van der Waals surface area contributed by atoms with E-state index in [4.69, 9.17) is 26.2 Å². The predicted octanol–water partition coefficient (Wildman–Crippen LogP) is 5.95. The van der Waals surface area contributed by atoms with Gasteiger partial charge in [0.15, 0.2) is 11.5 Å². The van der Waals surface area contributed by atoms with Crippen LogP contribution in [-0.4, -0.2) is 35.8 Å². The molecule has 0 aliphatic carbocycles. The molecule has 2 heterocycles. The van der Waals surface area contributed by atoms with Crippen LogP contribution in [0.15, 0.2) is 76.6 Å². The number of nitrogens with one attached hydrogen (secondary N) is 1. The molecule has 0 fully saturated rings. The van der Waals surface area contributed by atoms with Gasteiger partial charge in [0.2, 0.25) is 5.91 Å². The minimum Gasteiger partial charge on any atom is -0.493 e. The van der Waals surface area contributed by atoms with Crippen molar-refractivity contribution in [2.75, 3.05) is 14.2 Å². The van der Waals surface area contributed by atoms with Gasteiger partial charge in [-0.15, -0.1) is 0 Å². The molecule has 1 aliphatic heterocycles. The summed E-state index contributed by atoms with van der Waals surface area (Å²) < 4.78 is 11.2. The summed E-state index contributed by atoms with van der Waals surface area (Å²) in [6.07, 6.45) is 0.592. The Morgan fingerprint density at radius 2 is 1.78 bits per heavy atom. The van der Waals surface area contributed by atoms with Crippen molar-refractivity contribution in [3.63, 3.8) is 0 Å². The first-order valence-electron chi connectivity index (χ1n) is 12.0. The number of benzene rings is 3. The number of rotatable bonds is 6. The molecule has 7 nitrogen and oxygen atoms in total. The van der Waals surface area contributed by atoms with Crippen LogP contribution in [0.1, 0.15) is 36.9 Å². The van der Waals surface area contributed by atoms with Gasteiger partial charge in [-0.1, -0.05) is 61.0 Å². The lowest BCUT2D eigenvalue weighted by atomic mass is 9.90. The molecule has 1 aromatic heterocycles. The molecular weight excluding hydrogens is 490 g/mol. The summed E-state index contributed by atoms with van der Waals surface area (Å²) in [5, 5.41) is 7.68. The lowest BCUT2D eigenvalue weighted by Gasteiger charge is -2.24. The van der Waals surface area contributed by atoms with Crippen molar-refractivity contribution in [2.45, 2.75) is 25.8 Å². The van der Waals surface area contributed by atoms with Crippen LogP contribution >= 0.6 is 11.6 Å². The van der Waals surface area contributed by atoms with Crippen LogP contribution in [0.25, 0.3) is 22.0 Å². The van der Waals surface area contributed by atoms with Gasteiger partial charge < -0.3 is 14.5 Å². The van der Waals surface area contributed by atoms with Gasteiger partial charge in [-0.05, 0) is 29.8 Å². The van der Waals surface area contributed by atoms with Crippen molar-refractivity contribution >= 4 is 34.1 Å². The third kappa shape index (κ3) is 4.36. The van der Waals surface area contributed by atoms with Crippen molar-refractivity contribution in [2.24, 2.45) is 5.10 Å². The number of amides is 1. The molecule has 3 aromatic carbocycles. The first-order valence-corrected chi connectivity index (χ1v) is 12.4. The molecule has 0 radical (unpaired) electrons. The second-order valence-corrected chi connectivity index (χ2v) is 9.13. The average Bonchev–Trinajstić information content (AvgIpc) is 3.36. The van der Waals surface area contributed by atoms with E-state index in [1.807, 2.05) is 48.5 Å². The van der Waals surface area contributed by atoms with E-state index in [2.05, 4.69) is 4.98 Å². The number of ether oxygens (including phenoxy) is 2. The van der Waals surface area contributed by atoms with Crippen molar-refractivity contribution in [1.29, 1.82) is 0 Å². The summed E-state index contributed by atoms with van der Waals surface area (Å²) in [6.45, 7) is 1.79. The highest BCUT2D eigenvalue weighted by Gasteiger charge is 2.36. The second kappa shape index (κ2) is 10.1. The topological polar surface area (TPSA) is 84.0 Å². The summed E-state index contributed by atoms with van der Waals surface area (Å²) in [5.41, 5.74) is 3.73. The summed E-state index contributed by atoms with van der Waals surface area (Å²) in [7, 11) is 3.14. The number of pyridine rings is 1. The molecule has 188 valence electrons. The molecule has 1 atom stereocenters. The molecule has 1 aliphatic rings. The number of carbonyl (C=O) groups is 1. The molecule has 1 amide bonds. The zero-order chi connectivity index (χ0) is 26.1. The van der Waals surface area contributed by atoms with Gasteiger partial charge >= 0.3 is 0 Å². The number of aromatic nitrogens is 1. The fourth-order valence-electron chi connectivity index (χ4n) is 4.90. The van der Waals surface area contributed by atoms with Crippen LogP contribution in [0.2, 0.25) is 5.02 Å². The molecule has 8 heteroatoms. The van der Waals surface area contributed by atoms with E-state index in [9.17, 15) is 9.59 Å². The van der Waals surface area contributed by atoms with Crippen LogP contribution < -0.4 is 15.0 Å². The molecule has 0 unspecified atom stereocenters. The smallest absolute Gasteiger partial charge is 0.258 e. The maximum absolute atomic E-state index is 13.6. The van der Waals surface area contributed by atoms with Gasteiger partial charge in [-0.2, -0.15) is 5.10 Å². The van der Waals surface area contributed by atoms with Gasteiger partial charge in [0.1, 0.15) is 0 Å². The highest BCUT2D eigenvalue weighted by atomic mass is 35.5. The minimum atomic E-state index is -0.462. The fraction of sp³-hybridized carbons (Fsp3) is 0.207. The Hall–Kier alpha value is -4.10. The molecule has 1 N–H and O–H groups in total. The van der Waals surface area contributed by atoms with Gasteiger partial charge in [0.05, 0.1) is 31.5 Å². The molecule has 0 saturated carbocycles. The normalized spacial score (nSPS) is 15.1. The number of para-hydroxylation sites is 2. The van der Waals surface area contributed by atoms with Crippen molar-refractivity contribution < 1.29 is 14.3 Å². The number of H-pyrrole nitrogens is 1. The van der Waals surface area contributed by atoms with Crippen LogP contribution in [0.4, 0.5) is 0 Å². The van der Waals surface area contributed by atoms with Crippen LogP contribution in [0, 0.1) is 0 Å². The quantitative estimate of drug-likeness (QED) is 0.344. The van der Waals surface area contributed by atoms with Crippen LogP contribution in [0.3, 0.4) is 0 Å². The number of halogens is 1. The predicted molar refractivity (Wildman–Crippen MR) is 146 cm³/mol. The van der Waals surface area contributed by atoms with E-state index < -0.39 is 6.04 Å². The number of aromatic amines is 1. The third-order valence-electron chi connectivity index (χ3n) is 6.60. The third-order valence-corrected chi connectivity index (χ3v) is 6.86. The Kier molecular flexibility index (Phi) is 6.72. The van der Waals surface area contributed by atoms with Crippen molar-refractivity contribution in [1.82, 2.24) is 9.99 Å². The Labute approximate surface area is 219 Å². The Morgan fingerprint density at radius 1 is 1.03 bits per heavy atom. The lowest BCUT2D eigenvalue weighted by molar-refractivity contribution is -0.132. The molecule has 4 aromatic rings. The van der Waals surface area contributed by atoms with Gasteiger partial charge in [0, 0.05) is 39.9 Å². The molecule has 0 bridgehead atoms. The van der Waals surface area contributed by atoms with E-state index in [0.717, 1.165) is 22.1 Å². The zero-order valence-electron chi connectivity index (χ0n) is 20.7. The monoisotopic (exact) mass is 515 g/mol. The van der Waals surface area contributed by atoms with E-state index >= 15 is 0 Å². The van der Waals surface area contributed by atoms with E-state index in [0.29, 0.717) is 39.7 Å². The van der Waals surface area contributed by atoms with E-state index in [1.165, 1.54) is 5.01 Å². The lowest BCUT2D eigenvalue weighted by Crippen LogP contribution is -2.26. The molecule has 37 heavy (non-hydrogen) atoms.